The maximum Gasteiger partial charge on any atom is 0.341 e. The van der Waals surface area contributed by atoms with Crippen molar-refractivity contribution in [3.8, 4) is 0 Å². The third-order valence-electron chi connectivity index (χ3n) is 5.85. The molecule has 28 heavy (non-hydrogen) atoms. The van der Waals surface area contributed by atoms with E-state index in [1.54, 1.807) is 6.07 Å². The van der Waals surface area contributed by atoms with Crippen molar-refractivity contribution >= 4 is 22.6 Å². The Hall–Kier alpha value is -2.45. The standard InChI is InChI=1S/C20H22FN3O4/c21-16-7-14-17(24(12-1-2-12)10-15(19(14)25)20(26)27)8-18(16)23-5-3-22(4-6-23)9-13-11-28-13/h7-8,10,12-13H,1-6,9,11H2,(H,26,27). The number of carboxylic acid groups (broad SMARTS) is 1. The number of anilines is 1. The Kier molecular flexibility index (Phi) is 4.13. The fraction of sp³-hybridized carbons (Fsp3) is 0.500. The van der Waals surface area contributed by atoms with Gasteiger partial charge in [-0.15, -0.1) is 0 Å². The van der Waals surface area contributed by atoms with Gasteiger partial charge in [-0.1, -0.05) is 0 Å². The molecular weight excluding hydrogens is 365 g/mol. The number of aromatic carboxylic acids is 1. The number of epoxide rings is 1. The summed E-state index contributed by atoms with van der Waals surface area (Å²) in [6, 6.07) is 3.10. The molecule has 1 saturated carbocycles. The number of carboxylic acids is 1. The van der Waals surface area contributed by atoms with Crippen LogP contribution in [0.1, 0.15) is 29.2 Å². The molecule has 0 bridgehead atoms. The Morgan fingerprint density at radius 3 is 2.54 bits per heavy atom. The normalized spacial score (nSPS) is 22.6. The van der Waals surface area contributed by atoms with E-state index in [1.807, 2.05) is 9.47 Å². The number of halogens is 1. The van der Waals surface area contributed by atoms with Gasteiger partial charge < -0.3 is 19.3 Å². The maximum atomic E-state index is 14.9. The van der Waals surface area contributed by atoms with Gasteiger partial charge in [0.05, 0.1) is 23.9 Å². The number of pyridine rings is 1. The third kappa shape index (κ3) is 3.16. The Labute approximate surface area is 160 Å². The lowest BCUT2D eigenvalue weighted by molar-refractivity contribution is 0.0695. The van der Waals surface area contributed by atoms with Crippen LogP contribution in [0.15, 0.2) is 23.1 Å². The van der Waals surface area contributed by atoms with Crippen LogP contribution < -0.4 is 10.3 Å². The minimum atomic E-state index is -1.28. The summed E-state index contributed by atoms with van der Waals surface area (Å²) >= 11 is 0. The molecule has 1 unspecified atom stereocenters. The second kappa shape index (κ2) is 6.56. The van der Waals surface area contributed by atoms with Gasteiger partial charge in [-0.25, -0.2) is 9.18 Å². The van der Waals surface area contributed by atoms with E-state index in [1.165, 1.54) is 12.3 Å². The number of nitrogens with zero attached hydrogens (tertiary/aromatic N) is 3. The highest BCUT2D eigenvalue weighted by Gasteiger charge is 2.30. The molecule has 2 saturated heterocycles. The molecule has 2 aliphatic heterocycles. The predicted octanol–water partition coefficient (Wildman–Crippen LogP) is 1.69. The number of benzene rings is 1. The molecule has 0 amide bonds. The minimum absolute atomic E-state index is 0.137. The van der Waals surface area contributed by atoms with Crippen LogP contribution in [0.5, 0.6) is 0 Å². The average Bonchev–Trinajstić information content (AvgIpc) is 3.57. The lowest BCUT2D eigenvalue weighted by atomic mass is 10.1. The zero-order valence-corrected chi connectivity index (χ0v) is 15.4. The highest BCUT2D eigenvalue weighted by Crippen LogP contribution is 2.38. The van der Waals surface area contributed by atoms with Crippen LogP contribution in [0.4, 0.5) is 10.1 Å². The van der Waals surface area contributed by atoms with Crippen molar-refractivity contribution < 1.29 is 19.0 Å². The van der Waals surface area contributed by atoms with Crippen LogP contribution in [0, 0.1) is 5.82 Å². The van der Waals surface area contributed by atoms with E-state index < -0.39 is 17.2 Å². The second-order valence-electron chi connectivity index (χ2n) is 7.88. The molecule has 3 heterocycles. The Balaban J connectivity index is 1.51. The Morgan fingerprint density at radius 2 is 1.93 bits per heavy atom. The zero-order valence-electron chi connectivity index (χ0n) is 15.4. The molecule has 3 fully saturated rings. The van der Waals surface area contributed by atoms with Crippen molar-refractivity contribution in [1.29, 1.82) is 0 Å². The summed E-state index contributed by atoms with van der Waals surface area (Å²) in [5, 5.41) is 9.48. The summed E-state index contributed by atoms with van der Waals surface area (Å²) in [5.41, 5.74) is 0.163. The van der Waals surface area contributed by atoms with Gasteiger partial charge in [0, 0.05) is 50.3 Å². The SMILES string of the molecule is O=C(O)c1cn(C2CC2)c2cc(N3CCN(CC4CO4)CC3)c(F)cc2c1=O. The van der Waals surface area contributed by atoms with Crippen LogP contribution in [0.2, 0.25) is 0 Å². The van der Waals surface area contributed by atoms with Gasteiger partial charge in [0.15, 0.2) is 0 Å². The van der Waals surface area contributed by atoms with E-state index in [2.05, 4.69) is 4.90 Å². The molecule has 1 aromatic carbocycles. The lowest BCUT2D eigenvalue weighted by Crippen LogP contribution is -2.47. The van der Waals surface area contributed by atoms with E-state index in [9.17, 15) is 19.1 Å². The van der Waals surface area contributed by atoms with E-state index in [-0.39, 0.29) is 17.0 Å². The molecule has 3 aliphatic rings. The summed E-state index contributed by atoms with van der Waals surface area (Å²) in [6.45, 7) is 4.84. The van der Waals surface area contributed by atoms with E-state index in [0.717, 1.165) is 39.1 Å². The maximum absolute atomic E-state index is 14.9. The fourth-order valence-corrected chi connectivity index (χ4v) is 4.04. The summed E-state index contributed by atoms with van der Waals surface area (Å²) in [6.07, 6.45) is 3.64. The number of piperazine rings is 1. The monoisotopic (exact) mass is 387 g/mol. The fourth-order valence-electron chi connectivity index (χ4n) is 4.04. The minimum Gasteiger partial charge on any atom is -0.477 e. The number of rotatable bonds is 5. The number of hydrogen-bond acceptors (Lipinski definition) is 5. The summed E-state index contributed by atoms with van der Waals surface area (Å²) in [4.78, 5) is 28.3. The first-order valence-electron chi connectivity index (χ1n) is 9.72. The van der Waals surface area contributed by atoms with Crippen LogP contribution in [-0.4, -0.2) is 66.0 Å². The number of ether oxygens (including phenoxy) is 1. The van der Waals surface area contributed by atoms with Gasteiger partial charge in [0.2, 0.25) is 5.43 Å². The quantitative estimate of drug-likeness (QED) is 0.787. The van der Waals surface area contributed by atoms with Gasteiger partial charge in [-0.05, 0) is 25.0 Å². The Bertz CT molecular complexity index is 1000. The van der Waals surface area contributed by atoms with Crippen molar-refractivity contribution in [2.24, 2.45) is 0 Å². The molecular formula is C20H22FN3O4. The largest absolute Gasteiger partial charge is 0.477 e. The smallest absolute Gasteiger partial charge is 0.341 e. The zero-order chi connectivity index (χ0) is 19.4. The number of hydrogen-bond donors (Lipinski definition) is 1. The number of aromatic nitrogens is 1. The molecule has 5 rings (SSSR count). The average molecular weight is 387 g/mol. The van der Waals surface area contributed by atoms with Crippen LogP contribution in [0.3, 0.4) is 0 Å². The van der Waals surface area contributed by atoms with Crippen molar-refractivity contribution in [1.82, 2.24) is 9.47 Å². The van der Waals surface area contributed by atoms with Gasteiger partial charge in [-0.3, -0.25) is 9.69 Å². The first-order chi connectivity index (χ1) is 13.5. The van der Waals surface area contributed by atoms with Crippen LogP contribution in [-0.2, 0) is 4.74 Å². The molecule has 1 N–H and O–H groups in total. The van der Waals surface area contributed by atoms with Crippen molar-refractivity contribution in [2.45, 2.75) is 25.0 Å². The molecule has 0 radical (unpaired) electrons. The second-order valence-corrected chi connectivity index (χ2v) is 7.88. The van der Waals surface area contributed by atoms with Gasteiger partial charge >= 0.3 is 5.97 Å². The van der Waals surface area contributed by atoms with Crippen LogP contribution in [0.25, 0.3) is 10.9 Å². The first kappa shape index (κ1) is 17.6. The lowest BCUT2D eigenvalue weighted by Gasteiger charge is -2.36. The predicted molar refractivity (Wildman–Crippen MR) is 102 cm³/mol. The molecule has 2 aromatic rings. The summed E-state index contributed by atoms with van der Waals surface area (Å²) in [7, 11) is 0. The molecule has 1 aliphatic carbocycles. The van der Waals surface area contributed by atoms with Crippen molar-refractivity contribution in [2.75, 3.05) is 44.2 Å². The highest BCUT2D eigenvalue weighted by atomic mass is 19.1. The van der Waals surface area contributed by atoms with E-state index >= 15 is 0 Å². The molecule has 148 valence electrons. The first-order valence-corrected chi connectivity index (χ1v) is 9.72. The highest BCUT2D eigenvalue weighted by molar-refractivity contribution is 5.93. The topological polar surface area (TPSA) is 78.3 Å². The number of carbonyl (C=O) groups is 1. The van der Waals surface area contributed by atoms with Gasteiger partial charge in [0.25, 0.3) is 0 Å². The van der Waals surface area contributed by atoms with Gasteiger partial charge in [-0.2, -0.15) is 0 Å². The molecule has 1 aromatic heterocycles. The molecule has 8 heteroatoms. The third-order valence-corrected chi connectivity index (χ3v) is 5.85. The van der Waals surface area contributed by atoms with Crippen LogP contribution >= 0.6 is 0 Å². The number of fused-ring (bicyclic) bond motifs is 1. The summed E-state index contributed by atoms with van der Waals surface area (Å²) < 4.78 is 22.0. The molecule has 0 spiro atoms. The van der Waals surface area contributed by atoms with Crippen molar-refractivity contribution in [3.05, 3.63) is 39.9 Å². The Morgan fingerprint density at radius 1 is 1.21 bits per heavy atom. The van der Waals surface area contributed by atoms with Crippen molar-refractivity contribution in [3.63, 3.8) is 0 Å². The van der Waals surface area contributed by atoms with Gasteiger partial charge in [0.1, 0.15) is 11.4 Å². The van der Waals surface area contributed by atoms with E-state index in [0.29, 0.717) is 30.4 Å². The molecule has 1 atom stereocenters. The summed E-state index contributed by atoms with van der Waals surface area (Å²) in [5.74, 6) is -1.75. The van der Waals surface area contributed by atoms with E-state index in [4.69, 9.17) is 4.74 Å². The molecule has 7 nitrogen and oxygen atoms in total.